The van der Waals surface area contributed by atoms with Gasteiger partial charge >= 0.3 is 0 Å². The van der Waals surface area contributed by atoms with Gasteiger partial charge in [0.05, 0.1) is 13.4 Å². The number of benzene rings is 2. The smallest absolute Gasteiger partial charge is 0.268 e. The van der Waals surface area contributed by atoms with Crippen LogP contribution in [-0.2, 0) is 11.3 Å². The molecule has 2 heterocycles. The molecule has 0 aliphatic carbocycles. The minimum absolute atomic E-state index is 0.0924. The van der Waals surface area contributed by atoms with Crippen molar-refractivity contribution in [1.29, 1.82) is 0 Å². The number of amides is 2. The number of ether oxygens (including phenoxy) is 1. The molecule has 1 aliphatic heterocycles. The molecule has 1 saturated heterocycles. The highest BCUT2D eigenvalue weighted by molar-refractivity contribution is 6.05. The second kappa shape index (κ2) is 11.4. The molecule has 2 aromatic carbocycles. The monoisotopic (exact) mass is 474 g/mol. The largest absolute Gasteiger partial charge is 0.497 e. The van der Waals surface area contributed by atoms with Crippen LogP contribution in [0.5, 0.6) is 5.75 Å². The van der Waals surface area contributed by atoms with Crippen molar-refractivity contribution in [2.45, 2.75) is 6.54 Å². The van der Waals surface area contributed by atoms with Crippen LogP contribution in [0.2, 0.25) is 0 Å². The van der Waals surface area contributed by atoms with Gasteiger partial charge in [-0.3, -0.25) is 9.59 Å². The standard InChI is InChI=1S/C27H30N4O4/c1-30-13-15-31(16-14-30)22-9-5-20(6-10-22)19-28-27(33)25(18-24-4-3-17-35-24)29-26(32)21-7-11-23(34-2)12-8-21/h3-12,17-18H,13-16,19H2,1-2H3,(H,28,33)(H,29,32)/b25-18-. The zero-order valence-electron chi connectivity index (χ0n) is 20.0. The van der Waals surface area contributed by atoms with Crippen molar-refractivity contribution in [2.75, 3.05) is 45.2 Å². The third-order valence-corrected chi connectivity index (χ3v) is 5.93. The van der Waals surface area contributed by atoms with Crippen molar-refractivity contribution in [2.24, 2.45) is 0 Å². The summed E-state index contributed by atoms with van der Waals surface area (Å²) in [4.78, 5) is 30.4. The average Bonchev–Trinajstić information content (AvgIpc) is 3.41. The normalized spacial score (nSPS) is 14.5. The first kappa shape index (κ1) is 24.1. The molecular formula is C27H30N4O4. The van der Waals surface area contributed by atoms with Crippen molar-refractivity contribution in [3.8, 4) is 5.75 Å². The van der Waals surface area contributed by atoms with Crippen LogP contribution in [0.1, 0.15) is 21.7 Å². The number of nitrogens with one attached hydrogen (secondary N) is 2. The van der Waals surface area contributed by atoms with E-state index in [1.807, 2.05) is 12.1 Å². The second-order valence-electron chi connectivity index (χ2n) is 8.40. The lowest BCUT2D eigenvalue weighted by Gasteiger charge is -2.34. The average molecular weight is 475 g/mol. The van der Waals surface area contributed by atoms with Crippen molar-refractivity contribution in [3.63, 3.8) is 0 Å². The SMILES string of the molecule is COc1ccc(C(=O)N/C(=C\c2ccco2)C(=O)NCc2ccc(N3CCN(C)CC3)cc2)cc1. The summed E-state index contributed by atoms with van der Waals surface area (Å²) in [7, 11) is 3.70. The van der Waals surface area contributed by atoms with Crippen LogP contribution in [0.15, 0.2) is 77.0 Å². The molecule has 35 heavy (non-hydrogen) atoms. The van der Waals surface area contributed by atoms with Crippen LogP contribution in [0.4, 0.5) is 5.69 Å². The molecule has 2 amide bonds. The Morgan fingerprint density at radius 2 is 1.71 bits per heavy atom. The second-order valence-corrected chi connectivity index (χ2v) is 8.40. The van der Waals surface area contributed by atoms with E-state index in [1.165, 1.54) is 18.0 Å². The van der Waals surface area contributed by atoms with Gasteiger partial charge in [-0.2, -0.15) is 0 Å². The van der Waals surface area contributed by atoms with E-state index in [0.29, 0.717) is 23.6 Å². The number of anilines is 1. The molecule has 8 nitrogen and oxygen atoms in total. The number of hydrogen-bond acceptors (Lipinski definition) is 6. The van der Waals surface area contributed by atoms with Gasteiger partial charge in [-0.25, -0.2) is 0 Å². The lowest BCUT2D eigenvalue weighted by Crippen LogP contribution is -2.44. The van der Waals surface area contributed by atoms with Gasteiger partial charge in [-0.1, -0.05) is 12.1 Å². The number of hydrogen-bond donors (Lipinski definition) is 2. The van der Waals surface area contributed by atoms with E-state index >= 15 is 0 Å². The zero-order valence-corrected chi connectivity index (χ0v) is 20.0. The van der Waals surface area contributed by atoms with Crippen LogP contribution in [0, 0.1) is 0 Å². The Morgan fingerprint density at radius 1 is 1.00 bits per heavy atom. The van der Waals surface area contributed by atoms with E-state index in [2.05, 4.69) is 39.6 Å². The highest BCUT2D eigenvalue weighted by atomic mass is 16.5. The van der Waals surface area contributed by atoms with Crippen molar-refractivity contribution in [3.05, 3.63) is 89.5 Å². The Labute approximate surface area is 205 Å². The third-order valence-electron chi connectivity index (χ3n) is 5.93. The van der Waals surface area contributed by atoms with Gasteiger partial charge in [-0.05, 0) is 61.1 Å². The minimum atomic E-state index is -0.411. The maximum Gasteiger partial charge on any atom is 0.268 e. The summed E-state index contributed by atoms with van der Waals surface area (Å²) in [6.07, 6.45) is 3.02. The molecule has 2 N–H and O–H groups in total. The first-order valence-corrected chi connectivity index (χ1v) is 11.5. The first-order valence-electron chi connectivity index (χ1n) is 11.5. The maximum absolute atomic E-state index is 13.0. The summed E-state index contributed by atoms with van der Waals surface area (Å²) in [6.45, 7) is 4.42. The summed E-state index contributed by atoms with van der Waals surface area (Å²) in [5.41, 5.74) is 2.65. The number of piperazine rings is 1. The molecule has 182 valence electrons. The fourth-order valence-corrected chi connectivity index (χ4v) is 3.78. The summed E-state index contributed by atoms with van der Waals surface area (Å²) in [5.74, 6) is 0.287. The van der Waals surface area contributed by atoms with Gasteiger partial charge < -0.3 is 29.6 Å². The number of furan rings is 1. The number of methoxy groups -OCH3 is 1. The molecule has 0 bridgehead atoms. The number of carbonyl (C=O) groups excluding carboxylic acids is 2. The fourth-order valence-electron chi connectivity index (χ4n) is 3.78. The van der Waals surface area contributed by atoms with E-state index in [9.17, 15) is 9.59 Å². The molecule has 0 saturated carbocycles. The minimum Gasteiger partial charge on any atom is -0.497 e. The molecule has 1 aromatic heterocycles. The van der Waals surface area contributed by atoms with Gasteiger partial charge in [0, 0.05) is 50.1 Å². The summed E-state index contributed by atoms with van der Waals surface area (Å²) < 4.78 is 10.5. The van der Waals surface area contributed by atoms with Crippen LogP contribution < -0.4 is 20.3 Å². The van der Waals surface area contributed by atoms with E-state index in [0.717, 1.165) is 31.7 Å². The molecular weight excluding hydrogens is 444 g/mol. The van der Waals surface area contributed by atoms with Gasteiger partial charge in [0.2, 0.25) is 0 Å². The van der Waals surface area contributed by atoms with Crippen LogP contribution in [-0.4, -0.2) is 57.1 Å². The first-order chi connectivity index (χ1) is 17.0. The Morgan fingerprint density at radius 3 is 2.34 bits per heavy atom. The number of rotatable bonds is 8. The fraction of sp³-hybridized carbons (Fsp3) is 0.259. The Hall–Kier alpha value is -4.04. The lowest BCUT2D eigenvalue weighted by atomic mass is 10.1. The molecule has 1 fully saturated rings. The molecule has 0 unspecified atom stereocenters. The number of carbonyl (C=O) groups is 2. The predicted molar refractivity (Wildman–Crippen MR) is 135 cm³/mol. The third kappa shape index (κ3) is 6.51. The maximum atomic E-state index is 13.0. The quantitative estimate of drug-likeness (QED) is 0.488. The molecule has 0 spiro atoms. The van der Waals surface area contributed by atoms with Gasteiger partial charge in [0.1, 0.15) is 17.2 Å². The number of likely N-dealkylation sites (N-methyl/N-ethyl adjacent to an activating group) is 1. The molecule has 0 radical (unpaired) electrons. The van der Waals surface area contributed by atoms with Crippen LogP contribution in [0.3, 0.4) is 0 Å². The Kier molecular flexibility index (Phi) is 7.84. The van der Waals surface area contributed by atoms with E-state index in [1.54, 1.807) is 43.5 Å². The van der Waals surface area contributed by atoms with Gasteiger partial charge in [0.15, 0.2) is 0 Å². The van der Waals surface area contributed by atoms with Gasteiger partial charge in [0.25, 0.3) is 11.8 Å². The van der Waals surface area contributed by atoms with E-state index in [4.69, 9.17) is 9.15 Å². The highest BCUT2D eigenvalue weighted by Crippen LogP contribution is 2.17. The Bertz CT molecular complexity index is 1150. The summed E-state index contributed by atoms with van der Waals surface area (Å²) >= 11 is 0. The van der Waals surface area contributed by atoms with Crippen molar-refractivity contribution >= 4 is 23.6 Å². The van der Waals surface area contributed by atoms with E-state index < -0.39 is 11.8 Å². The highest BCUT2D eigenvalue weighted by Gasteiger charge is 2.16. The van der Waals surface area contributed by atoms with Crippen LogP contribution in [0.25, 0.3) is 6.08 Å². The van der Waals surface area contributed by atoms with E-state index in [-0.39, 0.29) is 5.70 Å². The zero-order chi connectivity index (χ0) is 24.6. The molecule has 4 rings (SSSR count). The van der Waals surface area contributed by atoms with Crippen LogP contribution >= 0.6 is 0 Å². The summed E-state index contributed by atoms with van der Waals surface area (Å²) in [5, 5.41) is 5.59. The van der Waals surface area contributed by atoms with Crippen molar-refractivity contribution in [1.82, 2.24) is 15.5 Å². The lowest BCUT2D eigenvalue weighted by molar-refractivity contribution is -0.117. The number of nitrogens with zero attached hydrogens (tertiary/aromatic N) is 2. The molecule has 0 atom stereocenters. The predicted octanol–water partition coefficient (Wildman–Crippen LogP) is 3.13. The molecule has 3 aromatic rings. The topological polar surface area (TPSA) is 87.0 Å². The van der Waals surface area contributed by atoms with Crippen molar-refractivity contribution < 1.29 is 18.7 Å². The van der Waals surface area contributed by atoms with Gasteiger partial charge in [-0.15, -0.1) is 0 Å². The molecule has 1 aliphatic rings. The Balaban J connectivity index is 1.40. The summed E-state index contributed by atoms with van der Waals surface area (Å²) in [6, 6.07) is 18.3. The molecule has 8 heteroatoms.